The highest BCUT2D eigenvalue weighted by atomic mass is 32.1. The fourth-order valence-corrected chi connectivity index (χ4v) is 5.13. The number of aliphatic hydroxyl groups is 1. The molecule has 1 fully saturated rings. The van der Waals surface area contributed by atoms with Crippen LogP contribution in [-0.4, -0.2) is 28.9 Å². The number of anilines is 1. The maximum atomic E-state index is 13.7. The minimum Gasteiger partial charge on any atom is -0.507 e. The van der Waals surface area contributed by atoms with E-state index in [1.54, 1.807) is 24.3 Å². The molecule has 0 aliphatic carbocycles. The summed E-state index contributed by atoms with van der Waals surface area (Å²) >= 11 is 1.28. The number of ketones is 1. The monoisotopic (exact) mass is 474 g/mol. The van der Waals surface area contributed by atoms with Crippen LogP contribution in [0, 0.1) is 12.7 Å². The number of aromatic nitrogens is 1. The van der Waals surface area contributed by atoms with Crippen molar-refractivity contribution < 1.29 is 23.8 Å². The molecule has 4 aromatic rings. The first kappa shape index (κ1) is 21.8. The van der Waals surface area contributed by atoms with Crippen molar-refractivity contribution in [3.05, 3.63) is 94.8 Å². The molecule has 34 heavy (non-hydrogen) atoms. The molecule has 170 valence electrons. The number of halogens is 1. The van der Waals surface area contributed by atoms with Gasteiger partial charge in [-0.1, -0.05) is 41.7 Å². The first-order valence-corrected chi connectivity index (χ1v) is 11.3. The molecule has 3 aromatic carbocycles. The van der Waals surface area contributed by atoms with Crippen molar-refractivity contribution in [1.82, 2.24) is 4.98 Å². The zero-order valence-electron chi connectivity index (χ0n) is 18.3. The molecule has 1 amide bonds. The van der Waals surface area contributed by atoms with Gasteiger partial charge in [-0.05, 0) is 54.4 Å². The summed E-state index contributed by atoms with van der Waals surface area (Å²) in [6.07, 6.45) is 0. The van der Waals surface area contributed by atoms with Crippen LogP contribution < -0.4 is 9.64 Å². The summed E-state index contributed by atoms with van der Waals surface area (Å²) in [4.78, 5) is 32.4. The molecular weight excluding hydrogens is 455 g/mol. The number of rotatable bonds is 4. The quantitative estimate of drug-likeness (QED) is 0.244. The number of carbonyl (C=O) groups excluding carboxylic acids is 2. The van der Waals surface area contributed by atoms with Crippen LogP contribution in [0.25, 0.3) is 16.0 Å². The molecular formula is C26H19FN2O4S. The summed E-state index contributed by atoms with van der Waals surface area (Å²) in [5.74, 6) is -1.97. The van der Waals surface area contributed by atoms with Gasteiger partial charge in [0.2, 0.25) is 0 Å². The number of amides is 1. The van der Waals surface area contributed by atoms with E-state index in [9.17, 15) is 19.1 Å². The molecule has 0 bridgehead atoms. The molecule has 5 rings (SSSR count). The number of hydrogen-bond donors (Lipinski definition) is 1. The Morgan fingerprint density at radius 1 is 1.09 bits per heavy atom. The van der Waals surface area contributed by atoms with Crippen LogP contribution in [-0.2, 0) is 9.59 Å². The van der Waals surface area contributed by atoms with E-state index in [0.717, 1.165) is 10.3 Å². The van der Waals surface area contributed by atoms with Crippen LogP contribution in [0.4, 0.5) is 9.52 Å². The average molecular weight is 475 g/mol. The SMILES string of the molecule is COc1cccc(/C(O)=C2\C(=O)C(=O)N(c3nc4ccc(C)cc4s3)[C@H]2c2ccc(F)cc2)c1. The zero-order valence-corrected chi connectivity index (χ0v) is 19.1. The number of nitrogens with zero attached hydrogens (tertiary/aromatic N) is 2. The van der Waals surface area contributed by atoms with Crippen LogP contribution in [0.15, 0.2) is 72.3 Å². The van der Waals surface area contributed by atoms with Crippen molar-refractivity contribution in [3.63, 3.8) is 0 Å². The Labute approximate surface area is 198 Å². The Bertz CT molecular complexity index is 1480. The van der Waals surface area contributed by atoms with E-state index >= 15 is 0 Å². The van der Waals surface area contributed by atoms with Crippen molar-refractivity contribution >= 4 is 44.1 Å². The third-order valence-electron chi connectivity index (χ3n) is 5.71. The molecule has 1 aromatic heterocycles. The first-order valence-electron chi connectivity index (χ1n) is 10.5. The number of hydrogen-bond acceptors (Lipinski definition) is 6. The van der Waals surface area contributed by atoms with Crippen LogP contribution in [0.3, 0.4) is 0 Å². The van der Waals surface area contributed by atoms with Gasteiger partial charge in [0.25, 0.3) is 5.78 Å². The number of aliphatic hydroxyl groups excluding tert-OH is 1. The number of carbonyl (C=O) groups is 2. The molecule has 0 spiro atoms. The standard InChI is InChI=1S/C26H19FN2O4S/c1-14-6-11-19-20(12-14)34-26(28-19)29-22(15-7-9-17(27)10-8-15)21(24(31)25(29)32)23(30)16-4-3-5-18(13-16)33-2/h3-13,22,30H,1-2H3/b23-21+/t22-/m0/s1. The number of fused-ring (bicyclic) bond motifs is 1. The van der Waals surface area contributed by atoms with Crippen LogP contribution >= 0.6 is 11.3 Å². The summed E-state index contributed by atoms with van der Waals surface area (Å²) in [7, 11) is 1.49. The summed E-state index contributed by atoms with van der Waals surface area (Å²) in [5.41, 5.74) is 2.43. The molecule has 2 heterocycles. The maximum absolute atomic E-state index is 13.7. The molecule has 1 atom stereocenters. The Morgan fingerprint density at radius 3 is 2.59 bits per heavy atom. The highest BCUT2D eigenvalue weighted by Crippen LogP contribution is 2.44. The second-order valence-electron chi connectivity index (χ2n) is 7.92. The molecule has 1 aliphatic rings. The van der Waals surface area contributed by atoms with E-state index in [1.165, 1.54) is 47.6 Å². The zero-order chi connectivity index (χ0) is 24.0. The smallest absolute Gasteiger partial charge is 0.301 e. The van der Waals surface area contributed by atoms with Gasteiger partial charge < -0.3 is 9.84 Å². The minimum absolute atomic E-state index is 0.0969. The number of Topliss-reactive ketones (excluding diaryl/α,β-unsaturated/α-hetero) is 1. The highest BCUT2D eigenvalue weighted by Gasteiger charge is 2.48. The van der Waals surface area contributed by atoms with Crippen molar-refractivity contribution in [2.45, 2.75) is 13.0 Å². The van der Waals surface area contributed by atoms with E-state index in [1.807, 2.05) is 25.1 Å². The molecule has 0 radical (unpaired) electrons. The lowest BCUT2D eigenvalue weighted by atomic mass is 9.95. The van der Waals surface area contributed by atoms with Gasteiger partial charge in [-0.3, -0.25) is 14.5 Å². The Kier molecular flexibility index (Phi) is 5.37. The molecule has 8 heteroatoms. The number of benzene rings is 3. The van der Waals surface area contributed by atoms with E-state index in [0.29, 0.717) is 27.5 Å². The Morgan fingerprint density at radius 2 is 1.85 bits per heavy atom. The van der Waals surface area contributed by atoms with Crippen LogP contribution in [0.5, 0.6) is 5.75 Å². The summed E-state index contributed by atoms with van der Waals surface area (Å²) < 4.78 is 19.8. The largest absolute Gasteiger partial charge is 0.507 e. The number of aryl methyl sites for hydroxylation is 1. The first-order chi connectivity index (χ1) is 16.4. The van der Waals surface area contributed by atoms with Crippen molar-refractivity contribution in [2.24, 2.45) is 0 Å². The fraction of sp³-hybridized carbons (Fsp3) is 0.115. The van der Waals surface area contributed by atoms with E-state index in [-0.39, 0.29) is 11.3 Å². The maximum Gasteiger partial charge on any atom is 0.301 e. The second kappa shape index (κ2) is 8.39. The van der Waals surface area contributed by atoms with Gasteiger partial charge in [0.05, 0.1) is 28.9 Å². The Balaban J connectivity index is 1.73. The number of ether oxygens (including phenoxy) is 1. The van der Waals surface area contributed by atoms with Gasteiger partial charge in [0, 0.05) is 5.56 Å². The van der Waals surface area contributed by atoms with Gasteiger partial charge in [-0.2, -0.15) is 0 Å². The molecule has 0 unspecified atom stereocenters. The molecule has 1 saturated heterocycles. The van der Waals surface area contributed by atoms with Gasteiger partial charge in [-0.25, -0.2) is 9.37 Å². The summed E-state index contributed by atoms with van der Waals surface area (Å²) in [6.45, 7) is 1.96. The van der Waals surface area contributed by atoms with Gasteiger partial charge in [-0.15, -0.1) is 0 Å². The lowest BCUT2D eigenvalue weighted by Crippen LogP contribution is -2.29. The predicted molar refractivity (Wildman–Crippen MR) is 129 cm³/mol. The lowest BCUT2D eigenvalue weighted by Gasteiger charge is -2.23. The van der Waals surface area contributed by atoms with Gasteiger partial charge in [0.15, 0.2) is 5.13 Å². The van der Waals surface area contributed by atoms with Crippen molar-refractivity contribution in [1.29, 1.82) is 0 Å². The molecule has 6 nitrogen and oxygen atoms in total. The minimum atomic E-state index is -0.978. The Hall–Kier alpha value is -4.04. The highest BCUT2D eigenvalue weighted by molar-refractivity contribution is 7.22. The van der Waals surface area contributed by atoms with Crippen LogP contribution in [0.2, 0.25) is 0 Å². The van der Waals surface area contributed by atoms with E-state index in [2.05, 4.69) is 4.98 Å². The predicted octanol–water partition coefficient (Wildman–Crippen LogP) is 5.38. The van der Waals surface area contributed by atoms with Crippen LogP contribution in [0.1, 0.15) is 22.7 Å². The van der Waals surface area contributed by atoms with E-state index < -0.39 is 23.5 Å². The van der Waals surface area contributed by atoms with Crippen molar-refractivity contribution in [3.8, 4) is 5.75 Å². The van der Waals surface area contributed by atoms with Gasteiger partial charge in [0.1, 0.15) is 17.3 Å². The third-order valence-corrected chi connectivity index (χ3v) is 6.73. The second-order valence-corrected chi connectivity index (χ2v) is 8.93. The summed E-state index contributed by atoms with van der Waals surface area (Å²) in [6, 6.07) is 16.8. The number of thiazole rings is 1. The topological polar surface area (TPSA) is 79.7 Å². The normalized spacial score (nSPS) is 17.5. The molecule has 1 N–H and O–H groups in total. The number of methoxy groups -OCH3 is 1. The van der Waals surface area contributed by atoms with Gasteiger partial charge >= 0.3 is 5.91 Å². The molecule has 1 aliphatic heterocycles. The van der Waals surface area contributed by atoms with Crippen molar-refractivity contribution in [2.75, 3.05) is 12.0 Å². The summed E-state index contributed by atoms with van der Waals surface area (Å²) in [5, 5.41) is 11.5. The lowest BCUT2D eigenvalue weighted by molar-refractivity contribution is -0.132. The van der Waals surface area contributed by atoms with E-state index in [4.69, 9.17) is 4.74 Å². The third kappa shape index (κ3) is 3.62. The fourth-order valence-electron chi connectivity index (χ4n) is 4.04. The molecule has 0 saturated carbocycles. The average Bonchev–Trinajstić information content (AvgIpc) is 3.37.